The largest absolute Gasteiger partial charge is 0.379 e. The summed E-state index contributed by atoms with van der Waals surface area (Å²) in [7, 11) is 0. The van der Waals surface area contributed by atoms with Gasteiger partial charge in [-0.05, 0) is 33.7 Å². The summed E-state index contributed by atoms with van der Waals surface area (Å²) >= 11 is 0. The molecule has 0 saturated carbocycles. The molecule has 2 rings (SSSR count). The zero-order valence-electron chi connectivity index (χ0n) is 13.6. The van der Waals surface area contributed by atoms with Crippen LogP contribution in [0, 0.1) is 0 Å². The van der Waals surface area contributed by atoms with E-state index in [1.54, 1.807) is 0 Å². The highest BCUT2D eigenvalue weighted by Crippen LogP contribution is 2.19. The monoisotopic (exact) mass is 298 g/mol. The Morgan fingerprint density at radius 3 is 2.62 bits per heavy atom. The lowest BCUT2D eigenvalue weighted by Crippen LogP contribution is -2.61. The fraction of sp³-hybridized carbons (Fsp3) is 0.933. The van der Waals surface area contributed by atoms with Crippen LogP contribution in [-0.4, -0.2) is 79.3 Å². The number of carbonyl (C=O) groups is 1. The molecule has 122 valence electrons. The van der Waals surface area contributed by atoms with Crippen LogP contribution in [0.25, 0.3) is 0 Å². The molecule has 0 radical (unpaired) electrons. The zero-order valence-corrected chi connectivity index (χ0v) is 13.6. The second kappa shape index (κ2) is 7.05. The lowest BCUT2D eigenvalue weighted by molar-refractivity contribution is -0.124. The molecule has 6 nitrogen and oxygen atoms in total. The molecule has 2 fully saturated rings. The Morgan fingerprint density at radius 1 is 1.38 bits per heavy atom. The van der Waals surface area contributed by atoms with Crippen molar-refractivity contribution in [3.63, 3.8) is 0 Å². The number of nitrogens with zero attached hydrogens (tertiary/aromatic N) is 2. The van der Waals surface area contributed by atoms with Crippen LogP contribution in [-0.2, 0) is 9.53 Å². The topological polar surface area (TPSA) is 70.8 Å². The number of likely N-dealkylation sites (tertiary alicyclic amines) is 1. The van der Waals surface area contributed by atoms with Crippen molar-refractivity contribution < 1.29 is 9.53 Å². The van der Waals surface area contributed by atoms with Crippen LogP contribution in [0.2, 0.25) is 0 Å². The predicted molar refractivity (Wildman–Crippen MR) is 83.1 cm³/mol. The first-order valence-electron chi connectivity index (χ1n) is 8.02. The molecule has 0 spiro atoms. The number of ether oxygens (including phenoxy) is 1. The first-order chi connectivity index (χ1) is 9.90. The molecule has 1 amide bonds. The summed E-state index contributed by atoms with van der Waals surface area (Å²) in [4.78, 5) is 16.7. The fourth-order valence-corrected chi connectivity index (χ4v) is 3.48. The minimum Gasteiger partial charge on any atom is -0.379 e. The predicted octanol–water partition coefficient (Wildman–Crippen LogP) is -0.365. The van der Waals surface area contributed by atoms with Crippen LogP contribution in [0.3, 0.4) is 0 Å². The van der Waals surface area contributed by atoms with Gasteiger partial charge in [-0.15, -0.1) is 0 Å². The van der Waals surface area contributed by atoms with E-state index >= 15 is 0 Å². The highest BCUT2D eigenvalue weighted by Gasteiger charge is 2.37. The lowest BCUT2D eigenvalue weighted by atomic mass is 9.99. The summed E-state index contributed by atoms with van der Waals surface area (Å²) in [5.74, 6) is -0.272. The number of rotatable bonds is 6. The highest BCUT2D eigenvalue weighted by atomic mass is 16.5. The van der Waals surface area contributed by atoms with Crippen LogP contribution in [0.1, 0.15) is 27.2 Å². The lowest BCUT2D eigenvalue weighted by Gasteiger charge is -2.35. The molecular weight excluding hydrogens is 268 g/mol. The third kappa shape index (κ3) is 4.39. The first kappa shape index (κ1) is 16.7. The van der Waals surface area contributed by atoms with Crippen molar-refractivity contribution in [3.8, 4) is 0 Å². The molecule has 2 aliphatic heterocycles. The molecule has 2 aliphatic rings. The summed E-state index contributed by atoms with van der Waals surface area (Å²) in [6.45, 7) is 12.5. The van der Waals surface area contributed by atoms with E-state index in [4.69, 9.17) is 10.5 Å². The maximum Gasteiger partial charge on any atom is 0.238 e. The average molecular weight is 298 g/mol. The number of nitrogens with two attached hydrogens (primary N) is 1. The Morgan fingerprint density at radius 2 is 2.05 bits per heavy atom. The number of hydrogen-bond donors (Lipinski definition) is 2. The Labute approximate surface area is 128 Å². The quantitative estimate of drug-likeness (QED) is 0.700. The number of hydrogen-bond acceptors (Lipinski definition) is 5. The SMILES string of the molecule is CC(C)NC(C)(CN1CCC(N2CCOCC2)C1)C(N)=O. The van der Waals surface area contributed by atoms with Crippen molar-refractivity contribution in [1.29, 1.82) is 0 Å². The Hall–Kier alpha value is -0.690. The van der Waals surface area contributed by atoms with Gasteiger partial charge in [0, 0.05) is 38.3 Å². The summed E-state index contributed by atoms with van der Waals surface area (Å²) in [6, 6.07) is 0.824. The summed E-state index contributed by atoms with van der Waals surface area (Å²) in [5, 5.41) is 3.33. The van der Waals surface area contributed by atoms with Crippen molar-refractivity contribution in [2.75, 3.05) is 45.9 Å². The van der Waals surface area contributed by atoms with E-state index in [2.05, 4.69) is 15.1 Å². The Bertz CT molecular complexity index is 358. The van der Waals surface area contributed by atoms with E-state index in [9.17, 15) is 4.79 Å². The number of carbonyl (C=O) groups excluding carboxylic acids is 1. The average Bonchev–Trinajstić information content (AvgIpc) is 2.87. The van der Waals surface area contributed by atoms with Crippen LogP contribution in [0.4, 0.5) is 0 Å². The third-order valence-electron chi connectivity index (χ3n) is 4.50. The molecule has 0 aromatic carbocycles. The van der Waals surface area contributed by atoms with E-state index in [1.807, 2.05) is 20.8 Å². The zero-order chi connectivity index (χ0) is 15.5. The van der Waals surface area contributed by atoms with Crippen LogP contribution in [0.15, 0.2) is 0 Å². The van der Waals surface area contributed by atoms with Crippen LogP contribution < -0.4 is 11.1 Å². The van der Waals surface area contributed by atoms with Crippen molar-refractivity contribution in [3.05, 3.63) is 0 Å². The number of morpholine rings is 1. The third-order valence-corrected chi connectivity index (χ3v) is 4.50. The molecule has 2 heterocycles. The minimum absolute atomic E-state index is 0.236. The van der Waals surface area contributed by atoms with Gasteiger partial charge in [0.15, 0.2) is 0 Å². The minimum atomic E-state index is -0.659. The van der Waals surface area contributed by atoms with Gasteiger partial charge in [-0.1, -0.05) is 0 Å². The summed E-state index contributed by atoms with van der Waals surface area (Å²) < 4.78 is 5.42. The molecule has 2 unspecified atom stereocenters. The number of nitrogens with one attached hydrogen (secondary N) is 1. The molecule has 21 heavy (non-hydrogen) atoms. The van der Waals surface area contributed by atoms with E-state index in [1.165, 1.54) is 0 Å². The van der Waals surface area contributed by atoms with Gasteiger partial charge in [-0.2, -0.15) is 0 Å². The maximum atomic E-state index is 11.8. The van der Waals surface area contributed by atoms with E-state index in [-0.39, 0.29) is 11.9 Å². The molecular formula is C15H30N4O2. The van der Waals surface area contributed by atoms with E-state index in [0.717, 1.165) is 45.8 Å². The molecule has 6 heteroatoms. The van der Waals surface area contributed by atoms with Crippen molar-refractivity contribution in [2.24, 2.45) is 5.73 Å². The molecule has 3 N–H and O–H groups in total. The second-order valence-electron chi connectivity index (χ2n) is 6.82. The van der Waals surface area contributed by atoms with Gasteiger partial charge in [-0.25, -0.2) is 0 Å². The highest BCUT2D eigenvalue weighted by molar-refractivity contribution is 5.84. The van der Waals surface area contributed by atoms with Crippen molar-refractivity contribution >= 4 is 5.91 Å². The van der Waals surface area contributed by atoms with Crippen LogP contribution >= 0.6 is 0 Å². The van der Waals surface area contributed by atoms with Gasteiger partial charge >= 0.3 is 0 Å². The van der Waals surface area contributed by atoms with Gasteiger partial charge < -0.3 is 15.8 Å². The normalized spacial score (nSPS) is 27.9. The smallest absolute Gasteiger partial charge is 0.238 e. The standard InChI is InChI=1S/C15H30N4O2/c1-12(2)17-15(3,14(16)20)11-18-5-4-13(10-18)19-6-8-21-9-7-19/h12-13,17H,4-11H2,1-3H3,(H2,16,20). The van der Waals surface area contributed by atoms with Gasteiger partial charge in [-0.3, -0.25) is 14.6 Å². The Kier molecular flexibility index (Phi) is 5.60. The van der Waals surface area contributed by atoms with Crippen molar-refractivity contribution in [1.82, 2.24) is 15.1 Å². The number of amides is 1. The number of primary amides is 1. The summed E-state index contributed by atoms with van der Waals surface area (Å²) in [5.41, 5.74) is 4.96. The molecule has 0 aromatic heterocycles. The van der Waals surface area contributed by atoms with Gasteiger partial charge in [0.05, 0.1) is 13.2 Å². The second-order valence-corrected chi connectivity index (χ2v) is 6.82. The van der Waals surface area contributed by atoms with Gasteiger partial charge in [0.1, 0.15) is 5.54 Å². The molecule has 0 aromatic rings. The molecule has 0 bridgehead atoms. The molecule has 2 saturated heterocycles. The van der Waals surface area contributed by atoms with E-state index in [0.29, 0.717) is 12.6 Å². The van der Waals surface area contributed by atoms with Gasteiger partial charge in [0.25, 0.3) is 0 Å². The van der Waals surface area contributed by atoms with Crippen LogP contribution in [0.5, 0.6) is 0 Å². The van der Waals surface area contributed by atoms with Gasteiger partial charge in [0.2, 0.25) is 5.91 Å². The molecule has 0 aliphatic carbocycles. The van der Waals surface area contributed by atoms with E-state index < -0.39 is 5.54 Å². The Balaban J connectivity index is 1.89. The first-order valence-corrected chi connectivity index (χ1v) is 8.02. The molecule has 2 atom stereocenters. The van der Waals surface area contributed by atoms with Crippen molar-refractivity contribution in [2.45, 2.75) is 44.8 Å². The fourth-order valence-electron chi connectivity index (χ4n) is 3.48. The maximum absolute atomic E-state index is 11.8. The summed E-state index contributed by atoms with van der Waals surface area (Å²) in [6.07, 6.45) is 1.16.